The molecule has 0 spiro atoms. The molecule has 0 radical (unpaired) electrons. The number of nitrogens with two attached hydrogens (primary N) is 1. The monoisotopic (exact) mass is 269 g/mol. The highest BCUT2D eigenvalue weighted by atomic mass is 16.5. The molecular weight excluding hydrogens is 246 g/mol. The van der Waals surface area contributed by atoms with Gasteiger partial charge in [0.05, 0.1) is 7.11 Å². The van der Waals surface area contributed by atoms with Gasteiger partial charge in [0, 0.05) is 6.04 Å². The molecule has 0 amide bonds. The first kappa shape index (κ1) is 14.6. The van der Waals surface area contributed by atoms with Crippen LogP contribution in [0.3, 0.4) is 0 Å². The van der Waals surface area contributed by atoms with Gasteiger partial charge in [0.2, 0.25) is 0 Å². The molecule has 0 fully saturated rings. The van der Waals surface area contributed by atoms with Crippen molar-refractivity contribution in [1.29, 1.82) is 0 Å². The Morgan fingerprint density at radius 1 is 0.950 bits per heavy atom. The Kier molecular flexibility index (Phi) is 4.46. The molecule has 0 saturated carbocycles. The van der Waals surface area contributed by atoms with E-state index < -0.39 is 0 Å². The quantitative estimate of drug-likeness (QED) is 0.914. The number of methoxy groups -OCH3 is 1. The minimum Gasteiger partial charge on any atom is -0.496 e. The van der Waals surface area contributed by atoms with E-state index in [2.05, 4.69) is 44.2 Å². The first-order valence-electron chi connectivity index (χ1n) is 6.97. The van der Waals surface area contributed by atoms with Crippen molar-refractivity contribution in [2.24, 2.45) is 5.73 Å². The second-order valence-corrected chi connectivity index (χ2v) is 5.46. The lowest BCUT2D eigenvalue weighted by atomic mass is 9.96. The van der Waals surface area contributed by atoms with E-state index in [9.17, 15) is 0 Å². The maximum atomic E-state index is 6.33. The number of aryl methyl sites for hydroxylation is 3. The summed E-state index contributed by atoms with van der Waals surface area (Å²) in [4.78, 5) is 0. The average Bonchev–Trinajstić information content (AvgIpc) is 2.43. The molecule has 2 aromatic rings. The standard InChI is InChI=1S/C18H23NO/c1-12-5-7-15(9-14(12)3)10-17(19)16-8-6-13(2)18(11-16)20-4/h5-9,11,17H,10,19H2,1-4H3. The Morgan fingerprint density at radius 2 is 1.65 bits per heavy atom. The predicted molar refractivity (Wildman–Crippen MR) is 84.3 cm³/mol. The molecular formula is C18H23NO. The minimum absolute atomic E-state index is 0.00777. The predicted octanol–water partition coefficient (Wildman–Crippen LogP) is 3.86. The Labute approximate surface area is 121 Å². The van der Waals surface area contributed by atoms with Crippen molar-refractivity contribution in [3.05, 3.63) is 64.2 Å². The van der Waals surface area contributed by atoms with Crippen molar-refractivity contribution in [1.82, 2.24) is 0 Å². The first-order chi connectivity index (χ1) is 9.51. The van der Waals surface area contributed by atoms with Gasteiger partial charge in [-0.2, -0.15) is 0 Å². The lowest BCUT2D eigenvalue weighted by Crippen LogP contribution is -2.13. The van der Waals surface area contributed by atoms with Gasteiger partial charge in [-0.15, -0.1) is 0 Å². The molecule has 106 valence electrons. The van der Waals surface area contributed by atoms with Gasteiger partial charge in [0.1, 0.15) is 5.75 Å². The van der Waals surface area contributed by atoms with Gasteiger partial charge in [-0.05, 0) is 61.1 Å². The van der Waals surface area contributed by atoms with Crippen molar-refractivity contribution in [2.75, 3.05) is 7.11 Å². The fourth-order valence-electron chi connectivity index (χ4n) is 2.37. The van der Waals surface area contributed by atoms with Crippen molar-refractivity contribution < 1.29 is 4.74 Å². The SMILES string of the molecule is COc1cc(C(N)Cc2ccc(C)c(C)c2)ccc1C. The summed E-state index contributed by atoms with van der Waals surface area (Å²) < 4.78 is 5.37. The van der Waals surface area contributed by atoms with E-state index in [1.165, 1.54) is 16.7 Å². The molecule has 0 aliphatic rings. The Bertz CT molecular complexity index is 604. The summed E-state index contributed by atoms with van der Waals surface area (Å²) in [6.45, 7) is 6.31. The molecule has 2 N–H and O–H groups in total. The zero-order valence-electron chi connectivity index (χ0n) is 12.7. The van der Waals surface area contributed by atoms with Crippen LogP contribution in [-0.4, -0.2) is 7.11 Å². The molecule has 0 heterocycles. The number of ether oxygens (including phenoxy) is 1. The van der Waals surface area contributed by atoms with Crippen molar-refractivity contribution >= 4 is 0 Å². The summed E-state index contributed by atoms with van der Waals surface area (Å²) in [5.41, 5.74) is 12.5. The molecule has 2 nitrogen and oxygen atoms in total. The molecule has 0 bridgehead atoms. The number of hydrogen-bond acceptors (Lipinski definition) is 2. The van der Waals surface area contributed by atoms with Crippen LogP contribution in [0.2, 0.25) is 0 Å². The summed E-state index contributed by atoms with van der Waals surface area (Å²) in [6, 6.07) is 12.7. The average molecular weight is 269 g/mol. The van der Waals surface area contributed by atoms with E-state index in [1.807, 2.05) is 13.0 Å². The Hall–Kier alpha value is -1.80. The highest BCUT2D eigenvalue weighted by Gasteiger charge is 2.10. The Morgan fingerprint density at radius 3 is 2.30 bits per heavy atom. The summed E-state index contributed by atoms with van der Waals surface area (Å²) in [5.74, 6) is 0.901. The third kappa shape index (κ3) is 3.20. The van der Waals surface area contributed by atoms with Crippen LogP contribution in [0.5, 0.6) is 5.75 Å². The van der Waals surface area contributed by atoms with E-state index >= 15 is 0 Å². The van der Waals surface area contributed by atoms with Crippen LogP contribution < -0.4 is 10.5 Å². The van der Waals surface area contributed by atoms with Crippen LogP contribution in [0.15, 0.2) is 36.4 Å². The first-order valence-corrected chi connectivity index (χ1v) is 6.97. The maximum Gasteiger partial charge on any atom is 0.122 e. The normalized spacial score (nSPS) is 12.2. The lowest BCUT2D eigenvalue weighted by Gasteiger charge is -2.15. The maximum absolute atomic E-state index is 6.33. The molecule has 1 unspecified atom stereocenters. The largest absolute Gasteiger partial charge is 0.496 e. The van der Waals surface area contributed by atoms with Crippen LogP contribution >= 0.6 is 0 Å². The summed E-state index contributed by atoms with van der Waals surface area (Å²) >= 11 is 0. The van der Waals surface area contributed by atoms with Gasteiger partial charge in [0.25, 0.3) is 0 Å². The molecule has 20 heavy (non-hydrogen) atoms. The fourth-order valence-corrected chi connectivity index (χ4v) is 2.37. The molecule has 2 aromatic carbocycles. The minimum atomic E-state index is -0.00777. The van der Waals surface area contributed by atoms with E-state index in [1.54, 1.807) is 7.11 Å². The lowest BCUT2D eigenvalue weighted by molar-refractivity contribution is 0.410. The fraction of sp³-hybridized carbons (Fsp3) is 0.333. The molecule has 0 aliphatic heterocycles. The third-order valence-corrected chi connectivity index (χ3v) is 3.89. The van der Waals surface area contributed by atoms with Crippen molar-refractivity contribution in [3.8, 4) is 5.75 Å². The van der Waals surface area contributed by atoms with Gasteiger partial charge in [-0.25, -0.2) is 0 Å². The van der Waals surface area contributed by atoms with Gasteiger partial charge in [-0.1, -0.05) is 30.3 Å². The summed E-state index contributed by atoms with van der Waals surface area (Å²) in [6.07, 6.45) is 0.841. The zero-order valence-corrected chi connectivity index (χ0v) is 12.7. The van der Waals surface area contributed by atoms with Gasteiger partial charge in [0.15, 0.2) is 0 Å². The summed E-state index contributed by atoms with van der Waals surface area (Å²) in [7, 11) is 1.70. The Balaban J connectivity index is 2.19. The van der Waals surface area contributed by atoms with Crippen molar-refractivity contribution in [2.45, 2.75) is 33.2 Å². The van der Waals surface area contributed by atoms with Gasteiger partial charge >= 0.3 is 0 Å². The van der Waals surface area contributed by atoms with Gasteiger partial charge in [-0.3, -0.25) is 0 Å². The topological polar surface area (TPSA) is 35.2 Å². The zero-order chi connectivity index (χ0) is 14.7. The second-order valence-electron chi connectivity index (χ2n) is 5.46. The molecule has 0 aliphatic carbocycles. The summed E-state index contributed by atoms with van der Waals surface area (Å²) in [5, 5.41) is 0. The van der Waals surface area contributed by atoms with E-state index in [0.717, 1.165) is 23.3 Å². The second kappa shape index (κ2) is 6.10. The van der Waals surface area contributed by atoms with E-state index in [4.69, 9.17) is 10.5 Å². The van der Waals surface area contributed by atoms with E-state index in [-0.39, 0.29) is 6.04 Å². The number of rotatable bonds is 4. The van der Waals surface area contributed by atoms with Crippen LogP contribution in [0.4, 0.5) is 0 Å². The molecule has 2 rings (SSSR count). The van der Waals surface area contributed by atoms with Crippen LogP contribution in [0.25, 0.3) is 0 Å². The van der Waals surface area contributed by atoms with Gasteiger partial charge < -0.3 is 10.5 Å². The smallest absolute Gasteiger partial charge is 0.122 e. The highest BCUT2D eigenvalue weighted by Crippen LogP contribution is 2.24. The number of hydrogen-bond donors (Lipinski definition) is 1. The number of benzene rings is 2. The molecule has 2 heteroatoms. The van der Waals surface area contributed by atoms with E-state index in [0.29, 0.717) is 0 Å². The van der Waals surface area contributed by atoms with Crippen LogP contribution in [0, 0.1) is 20.8 Å². The molecule has 1 atom stereocenters. The third-order valence-electron chi connectivity index (χ3n) is 3.89. The van der Waals surface area contributed by atoms with Crippen LogP contribution in [0.1, 0.15) is 33.9 Å². The molecule has 0 saturated heterocycles. The molecule has 0 aromatic heterocycles. The van der Waals surface area contributed by atoms with Crippen LogP contribution in [-0.2, 0) is 6.42 Å². The highest BCUT2D eigenvalue weighted by molar-refractivity contribution is 5.38. The van der Waals surface area contributed by atoms with Crippen molar-refractivity contribution in [3.63, 3.8) is 0 Å².